The van der Waals surface area contributed by atoms with Crippen molar-refractivity contribution in [3.63, 3.8) is 0 Å². The summed E-state index contributed by atoms with van der Waals surface area (Å²) in [5.41, 5.74) is 11.7. The summed E-state index contributed by atoms with van der Waals surface area (Å²) in [6.45, 7) is 22.7. The van der Waals surface area contributed by atoms with E-state index in [9.17, 15) is 0 Å². The molecule has 0 aliphatic rings. The molecule has 7 aromatic rings. The molecule has 0 spiro atoms. The van der Waals surface area contributed by atoms with E-state index in [1.54, 1.807) is 0 Å². The van der Waals surface area contributed by atoms with E-state index in [0.29, 0.717) is 17.4 Å². The molecule has 7 rings (SSSR count). The van der Waals surface area contributed by atoms with Gasteiger partial charge in [-0.2, -0.15) is 17.2 Å². The van der Waals surface area contributed by atoms with Crippen LogP contribution < -0.4 is 4.74 Å². The Hall–Kier alpha value is -4.47. The molecule has 6 heteroatoms. The third-order valence-electron chi connectivity index (χ3n) is 9.53. The zero-order chi connectivity index (χ0) is 35.5. The number of aromatic nitrogens is 4. The maximum Gasteiger partial charge on any atom is 2.00 e. The summed E-state index contributed by atoms with van der Waals surface area (Å²) in [5.74, 6) is 2.46. The zero-order valence-electron chi connectivity index (χ0n) is 31.3. The smallest absolute Gasteiger partial charge is 0.509 e. The predicted molar refractivity (Wildman–Crippen MR) is 206 cm³/mol. The van der Waals surface area contributed by atoms with Crippen molar-refractivity contribution < 1.29 is 25.8 Å². The first kappa shape index (κ1) is 36.3. The number of benzene rings is 4. The van der Waals surface area contributed by atoms with Crippen molar-refractivity contribution in [2.24, 2.45) is 0 Å². The quantitative estimate of drug-likeness (QED) is 0.157. The monoisotopic (exact) mass is 853 g/mol. The maximum atomic E-state index is 6.46. The third kappa shape index (κ3) is 6.81. The van der Waals surface area contributed by atoms with Crippen molar-refractivity contribution in [2.75, 3.05) is 0 Å². The molecule has 4 aromatic carbocycles. The van der Waals surface area contributed by atoms with Gasteiger partial charge in [-0.1, -0.05) is 85.2 Å². The first-order valence-electron chi connectivity index (χ1n) is 17.5. The molecule has 5 nitrogen and oxygen atoms in total. The molecule has 3 heterocycles. The second-order valence-corrected chi connectivity index (χ2v) is 15.9. The number of hydrogen-bond donors (Lipinski definition) is 0. The Morgan fingerprint density at radius 2 is 1.43 bits per heavy atom. The van der Waals surface area contributed by atoms with Crippen LogP contribution in [0.1, 0.15) is 89.1 Å². The Labute approximate surface area is 317 Å². The number of ether oxygens (including phenoxy) is 1. The summed E-state index contributed by atoms with van der Waals surface area (Å²) in [7, 11) is 0. The van der Waals surface area contributed by atoms with Gasteiger partial charge in [0.2, 0.25) is 0 Å². The maximum absolute atomic E-state index is 6.46. The second kappa shape index (κ2) is 13.6. The molecule has 0 fully saturated rings. The fourth-order valence-electron chi connectivity index (χ4n) is 7.63. The Morgan fingerprint density at radius 3 is 2.12 bits per heavy atom. The SMILES string of the molecule is Cc1cc(C)c(C(C)(C)C)c(-c2cnn(-c3[c-]c(Oc4[c-]c5c(cc4)c4ccccc4n5-c4cc(C(C)C)ccn4)ccc3)c2)c1C(C)(C)C.[Pt+2]. The van der Waals surface area contributed by atoms with Crippen molar-refractivity contribution in [1.82, 2.24) is 19.3 Å². The average Bonchev–Trinajstić information content (AvgIpc) is 3.67. The van der Waals surface area contributed by atoms with Gasteiger partial charge in [-0.3, -0.25) is 4.68 Å². The van der Waals surface area contributed by atoms with Crippen molar-refractivity contribution in [3.05, 3.63) is 131 Å². The molecule has 0 N–H and O–H groups in total. The number of fused-ring (bicyclic) bond motifs is 3. The molecule has 0 bridgehead atoms. The molecular formula is C45H46N4OPt. The molecule has 262 valence electrons. The first-order valence-corrected chi connectivity index (χ1v) is 17.5. The fraction of sp³-hybridized carbons (Fsp3) is 0.289. The number of nitrogens with zero attached hydrogens (tertiary/aromatic N) is 4. The van der Waals surface area contributed by atoms with Crippen LogP contribution in [0.15, 0.2) is 91.4 Å². The van der Waals surface area contributed by atoms with E-state index >= 15 is 0 Å². The van der Waals surface area contributed by atoms with E-state index in [4.69, 9.17) is 14.8 Å². The van der Waals surface area contributed by atoms with Gasteiger partial charge in [0.05, 0.1) is 6.20 Å². The van der Waals surface area contributed by atoms with Gasteiger partial charge in [-0.15, -0.1) is 35.7 Å². The van der Waals surface area contributed by atoms with E-state index in [2.05, 4.69) is 141 Å². The zero-order valence-corrected chi connectivity index (χ0v) is 33.5. The van der Waals surface area contributed by atoms with Gasteiger partial charge in [0.1, 0.15) is 5.82 Å². The Bertz CT molecular complexity index is 2340. The Morgan fingerprint density at radius 1 is 0.745 bits per heavy atom. The van der Waals surface area contributed by atoms with Gasteiger partial charge >= 0.3 is 21.1 Å². The third-order valence-corrected chi connectivity index (χ3v) is 9.53. The van der Waals surface area contributed by atoms with Crippen molar-refractivity contribution in [2.45, 2.75) is 86.0 Å². The number of aryl methyl sites for hydroxylation is 2. The van der Waals surface area contributed by atoms with Crippen molar-refractivity contribution in [3.8, 4) is 34.1 Å². The van der Waals surface area contributed by atoms with Gasteiger partial charge < -0.3 is 9.30 Å². The summed E-state index contributed by atoms with van der Waals surface area (Å²) < 4.78 is 10.5. The molecule has 0 atom stereocenters. The Balaban J connectivity index is 0.00000448. The van der Waals surface area contributed by atoms with Gasteiger partial charge in [0.15, 0.2) is 0 Å². The van der Waals surface area contributed by atoms with Crippen molar-refractivity contribution >= 4 is 21.8 Å². The van der Waals surface area contributed by atoms with Crippen LogP contribution in [-0.2, 0) is 31.9 Å². The summed E-state index contributed by atoms with van der Waals surface area (Å²) >= 11 is 0. The van der Waals surface area contributed by atoms with Crippen LogP contribution in [0.3, 0.4) is 0 Å². The molecule has 0 saturated heterocycles. The van der Waals surface area contributed by atoms with Crippen LogP contribution in [0.25, 0.3) is 44.4 Å². The largest absolute Gasteiger partial charge is 2.00 e. The first-order chi connectivity index (χ1) is 23.7. The van der Waals surface area contributed by atoms with Crippen LogP contribution in [0.2, 0.25) is 0 Å². The van der Waals surface area contributed by atoms with Gasteiger partial charge in [-0.05, 0) is 93.2 Å². The minimum Gasteiger partial charge on any atom is -0.509 e. The van der Waals surface area contributed by atoms with Gasteiger partial charge in [-0.25, -0.2) is 4.98 Å². The molecular weight excluding hydrogens is 808 g/mol. The van der Waals surface area contributed by atoms with Crippen LogP contribution in [-0.4, -0.2) is 19.3 Å². The average molecular weight is 854 g/mol. The predicted octanol–water partition coefficient (Wildman–Crippen LogP) is 11.8. The normalized spacial score (nSPS) is 12.1. The number of rotatable bonds is 6. The summed E-state index contributed by atoms with van der Waals surface area (Å²) in [6.07, 6.45) is 6.01. The number of para-hydroxylation sites is 1. The summed E-state index contributed by atoms with van der Waals surface area (Å²) in [6, 6.07) is 32.1. The minimum absolute atomic E-state index is 0. The minimum atomic E-state index is -0.0360. The standard InChI is InChI=1S/C45H46N4O.Pt/c1-28(2)31-20-21-46-40(23-31)49-38-17-12-11-16-36(38)37-19-18-35(25-39(37)49)50-34-15-13-14-33(24-34)48-27-32(26-47-48)41-42(44(5,6)7)29(3)22-30(4)43(41)45(8,9)10;/h11-23,26-28H,1-10H3;/q-2;+2. The van der Waals surface area contributed by atoms with Crippen LogP contribution in [0.5, 0.6) is 11.5 Å². The van der Waals surface area contributed by atoms with E-state index in [-0.39, 0.29) is 31.9 Å². The van der Waals surface area contributed by atoms with Crippen LogP contribution in [0.4, 0.5) is 0 Å². The summed E-state index contributed by atoms with van der Waals surface area (Å²) in [5, 5.41) is 7.11. The number of pyridine rings is 1. The molecule has 51 heavy (non-hydrogen) atoms. The van der Waals surface area contributed by atoms with Crippen LogP contribution in [0, 0.1) is 26.0 Å². The fourth-order valence-corrected chi connectivity index (χ4v) is 7.63. The topological polar surface area (TPSA) is 44.9 Å². The van der Waals surface area contributed by atoms with E-state index < -0.39 is 0 Å². The molecule has 0 saturated carbocycles. The number of hydrogen-bond acceptors (Lipinski definition) is 3. The molecule has 0 amide bonds. The molecule has 3 aromatic heterocycles. The van der Waals surface area contributed by atoms with Gasteiger partial charge in [0, 0.05) is 35.0 Å². The molecule has 0 radical (unpaired) electrons. The van der Waals surface area contributed by atoms with E-state index in [0.717, 1.165) is 38.9 Å². The van der Waals surface area contributed by atoms with E-state index in [1.165, 1.54) is 33.4 Å². The Kier molecular flexibility index (Phi) is 9.67. The summed E-state index contributed by atoms with van der Waals surface area (Å²) in [4.78, 5) is 4.78. The van der Waals surface area contributed by atoms with Gasteiger partial charge in [0.25, 0.3) is 0 Å². The van der Waals surface area contributed by atoms with Crippen LogP contribution >= 0.6 is 0 Å². The molecule has 0 aliphatic carbocycles. The van der Waals surface area contributed by atoms with E-state index in [1.807, 2.05) is 41.3 Å². The molecule has 0 unspecified atom stereocenters. The second-order valence-electron chi connectivity index (χ2n) is 15.9. The van der Waals surface area contributed by atoms with Crippen molar-refractivity contribution in [1.29, 1.82) is 0 Å². The molecule has 0 aliphatic heterocycles.